The fraction of sp³-hybridized carbons (Fsp3) is 0.500. The van der Waals surface area contributed by atoms with Gasteiger partial charge in [-0.25, -0.2) is 0 Å². The Hall–Kier alpha value is -0.590. The molecule has 0 aliphatic carbocycles. The van der Waals surface area contributed by atoms with Crippen LogP contribution in [0.1, 0.15) is 18.4 Å². The molecule has 0 bridgehead atoms. The minimum atomic E-state index is -2.10. The van der Waals surface area contributed by atoms with Crippen LogP contribution in [0.25, 0.3) is 0 Å². The van der Waals surface area contributed by atoms with Crippen LogP contribution in [-0.4, -0.2) is 24.0 Å². The predicted molar refractivity (Wildman–Crippen MR) is 63.4 cm³/mol. The minimum absolute atomic E-state index is 0.136. The highest BCUT2D eigenvalue weighted by Gasteiger charge is 2.30. The summed E-state index contributed by atoms with van der Waals surface area (Å²) in [5, 5.41) is 10.0. The number of hydrogen-bond acceptors (Lipinski definition) is 2. The average Bonchev–Trinajstić information content (AvgIpc) is 2.68. The third-order valence-corrected chi connectivity index (χ3v) is 6.49. The predicted octanol–water partition coefficient (Wildman–Crippen LogP) is 2.00. The van der Waals surface area contributed by atoms with Gasteiger partial charge in [-0.05, 0) is 24.8 Å². The molecule has 0 unspecified atom stereocenters. The van der Waals surface area contributed by atoms with E-state index < -0.39 is 7.14 Å². The lowest BCUT2D eigenvalue weighted by atomic mass is 10.2. The molecule has 82 valence electrons. The topological polar surface area (TPSA) is 37.3 Å². The molecule has 0 saturated carbocycles. The van der Waals surface area contributed by atoms with E-state index in [2.05, 4.69) is 0 Å². The zero-order valence-electron chi connectivity index (χ0n) is 8.85. The fourth-order valence-electron chi connectivity index (χ4n) is 2.33. The Morgan fingerprint density at radius 2 is 1.87 bits per heavy atom. The van der Waals surface area contributed by atoms with Crippen LogP contribution in [0, 0.1) is 0 Å². The maximum Gasteiger partial charge on any atom is 0.115 e. The van der Waals surface area contributed by atoms with Crippen molar-refractivity contribution in [1.82, 2.24) is 0 Å². The zero-order chi connectivity index (χ0) is 10.7. The fourth-order valence-corrected chi connectivity index (χ4v) is 5.57. The van der Waals surface area contributed by atoms with Gasteiger partial charge < -0.3 is 9.67 Å². The monoisotopic (exact) mass is 224 g/mol. The summed E-state index contributed by atoms with van der Waals surface area (Å²) in [4.78, 5) is 0. The summed E-state index contributed by atoms with van der Waals surface area (Å²) < 4.78 is 12.6. The summed E-state index contributed by atoms with van der Waals surface area (Å²) in [5.41, 5.74) is 1.07. The van der Waals surface area contributed by atoms with Crippen molar-refractivity contribution in [1.29, 1.82) is 0 Å². The van der Waals surface area contributed by atoms with Crippen LogP contribution in [0.3, 0.4) is 0 Å². The van der Waals surface area contributed by atoms with E-state index in [1.807, 2.05) is 24.3 Å². The lowest BCUT2D eigenvalue weighted by Gasteiger charge is -2.15. The summed E-state index contributed by atoms with van der Waals surface area (Å²) >= 11 is 0. The van der Waals surface area contributed by atoms with Gasteiger partial charge in [-0.15, -0.1) is 0 Å². The van der Waals surface area contributed by atoms with Crippen molar-refractivity contribution >= 4 is 12.4 Å². The van der Waals surface area contributed by atoms with E-state index in [0.29, 0.717) is 6.42 Å². The maximum absolute atomic E-state index is 12.6. The van der Waals surface area contributed by atoms with Gasteiger partial charge in [0, 0.05) is 24.2 Å². The molecule has 2 nitrogen and oxygen atoms in total. The summed E-state index contributed by atoms with van der Waals surface area (Å²) in [6, 6.07) is 7.88. The highest BCUT2D eigenvalue weighted by atomic mass is 31.2. The molecule has 0 spiro atoms. The van der Waals surface area contributed by atoms with Gasteiger partial charge in [0.25, 0.3) is 0 Å². The number of aliphatic hydroxyl groups excluding tert-OH is 1. The Morgan fingerprint density at radius 3 is 2.53 bits per heavy atom. The molecule has 3 heteroatoms. The first-order chi connectivity index (χ1) is 7.26. The van der Waals surface area contributed by atoms with Crippen LogP contribution in [0.5, 0.6) is 0 Å². The summed E-state index contributed by atoms with van der Waals surface area (Å²) in [6.07, 6.45) is 4.51. The molecular formula is C12H17O2P. The molecule has 1 aromatic carbocycles. The first kappa shape index (κ1) is 10.9. The van der Waals surface area contributed by atoms with Gasteiger partial charge in [0.1, 0.15) is 7.14 Å². The molecule has 0 atom stereocenters. The van der Waals surface area contributed by atoms with Gasteiger partial charge in [-0.3, -0.25) is 0 Å². The van der Waals surface area contributed by atoms with Crippen molar-refractivity contribution in [2.45, 2.75) is 19.3 Å². The first-order valence-electron chi connectivity index (χ1n) is 5.54. The van der Waals surface area contributed by atoms with Gasteiger partial charge in [0.15, 0.2) is 0 Å². The van der Waals surface area contributed by atoms with Crippen molar-refractivity contribution in [2.75, 3.05) is 18.9 Å². The largest absolute Gasteiger partial charge is 0.396 e. The van der Waals surface area contributed by atoms with Gasteiger partial charge in [-0.2, -0.15) is 0 Å². The standard InChI is InChI=1S/C12H17O2P/c13-8-7-11-5-1-2-6-12(11)15(14)9-3-4-10-15/h1-2,5-6,13H,3-4,7-10H2. The molecule has 15 heavy (non-hydrogen) atoms. The Morgan fingerprint density at radius 1 is 1.20 bits per heavy atom. The van der Waals surface area contributed by atoms with E-state index in [1.54, 1.807) is 0 Å². The van der Waals surface area contributed by atoms with E-state index in [1.165, 1.54) is 0 Å². The van der Waals surface area contributed by atoms with Crippen molar-refractivity contribution in [3.05, 3.63) is 29.8 Å². The summed E-state index contributed by atoms with van der Waals surface area (Å²) in [6.45, 7) is 0.136. The molecule has 2 rings (SSSR count). The highest BCUT2D eigenvalue weighted by Crippen LogP contribution is 2.51. The molecular weight excluding hydrogens is 207 g/mol. The molecule has 0 radical (unpaired) electrons. The van der Waals surface area contributed by atoms with Crippen molar-refractivity contribution in [2.24, 2.45) is 0 Å². The summed E-state index contributed by atoms with van der Waals surface area (Å²) in [7, 11) is -2.10. The SMILES string of the molecule is O=P1(c2ccccc2CCO)CCCC1. The van der Waals surface area contributed by atoms with E-state index in [4.69, 9.17) is 5.11 Å². The van der Waals surface area contributed by atoms with E-state index in [9.17, 15) is 4.57 Å². The van der Waals surface area contributed by atoms with Crippen molar-refractivity contribution in [3.8, 4) is 0 Å². The number of aliphatic hydroxyl groups is 1. The van der Waals surface area contributed by atoms with E-state index >= 15 is 0 Å². The highest BCUT2D eigenvalue weighted by molar-refractivity contribution is 7.72. The molecule has 1 aliphatic rings. The molecule has 1 aromatic rings. The Balaban J connectivity index is 2.38. The molecule has 1 N–H and O–H groups in total. The number of benzene rings is 1. The van der Waals surface area contributed by atoms with Crippen LogP contribution in [0.15, 0.2) is 24.3 Å². The number of hydrogen-bond donors (Lipinski definition) is 1. The van der Waals surface area contributed by atoms with Crippen LogP contribution in [0.2, 0.25) is 0 Å². The third-order valence-electron chi connectivity index (χ3n) is 3.10. The smallest absolute Gasteiger partial charge is 0.115 e. The second kappa shape index (κ2) is 4.51. The average molecular weight is 224 g/mol. The second-order valence-electron chi connectivity index (χ2n) is 4.15. The number of rotatable bonds is 3. The maximum atomic E-state index is 12.6. The van der Waals surface area contributed by atoms with Gasteiger partial charge in [0.2, 0.25) is 0 Å². The molecule has 0 amide bonds. The normalized spacial score (nSPS) is 19.3. The lowest BCUT2D eigenvalue weighted by molar-refractivity contribution is 0.300. The van der Waals surface area contributed by atoms with Gasteiger partial charge in [0.05, 0.1) is 0 Å². The molecule has 1 fully saturated rings. The van der Waals surface area contributed by atoms with Crippen molar-refractivity contribution in [3.63, 3.8) is 0 Å². The summed E-state index contributed by atoms with van der Waals surface area (Å²) in [5.74, 6) is 0. The Bertz CT molecular complexity index is 377. The first-order valence-corrected chi connectivity index (χ1v) is 7.61. The second-order valence-corrected chi connectivity index (χ2v) is 7.30. The molecule has 1 saturated heterocycles. The van der Waals surface area contributed by atoms with E-state index in [-0.39, 0.29) is 6.61 Å². The Labute approximate surface area is 90.7 Å². The van der Waals surface area contributed by atoms with Crippen LogP contribution in [0.4, 0.5) is 0 Å². The van der Waals surface area contributed by atoms with Gasteiger partial charge in [-0.1, -0.05) is 24.3 Å². The van der Waals surface area contributed by atoms with Crippen LogP contribution < -0.4 is 5.30 Å². The quantitative estimate of drug-likeness (QED) is 0.797. The molecule has 0 aromatic heterocycles. The molecule has 1 heterocycles. The minimum Gasteiger partial charge on any atom is -0.396 e. The van der Waals surface area contributed by atoms with Crippen molar-refractivity contribution < 1.29 is 9.67 Å². The van der Waals surface area contributed by atoms with Gasteiger partial charge >= 0.3 is 0 Å². The van der Waals surface area contributed by atoms with E-state index in [0.717, 1.165) is 36.0 Å². The zero-order valence-corrected chi connectivity index (χ0v) is 9.75. The molecule has 1 aliphatic heterocycles. The van der Waals surface area contributed by atoms with Crippen LogP contribution >= 0.6 is 7.14 Å². The third kappa shape index (κ3) is 2.16. The lowest BCUT2D eigenvalue weighted by Crippen LogP contribution is -2.13. The van der Waals surface area contributed by atoms with Crippen LogP contribution in [-0.2, 0) is 11.0 Å². The Kier molecular flexibility index (Phi) is 3.28.